The van der Waals surface area contributed by atoms with E-state index in [1.165, 1.54) is 67.7 Å². The van der Waals surface area contributed by atoms with Crippen molar-refractivity contribution < 1.29 is 0 Å². The fourth-order valence-electron chi connectivity index (χ4n) is 2.13. The molecule has 0 bridgehead atoms. The monoisotopic (exact) mass is 267 g/mol. The van der Waals surface area contributed by atoms with Crippen LogP contribution < -0.4 is 5.32 Å². The van der Waals surface area contributed by atoms with Crippen molar-refractivity contribution >= 4 is 11.3 Å². The average Bonchev–Trinajstić information content (AvgIpc) is 2.85. The van der Waals surface area contributed by atoms with Crippen molar-refractivity contribution in [2.75, 3.05) is 6.54 Å². The van der Waals surface area contributed by atoms with Gasteiger partial charge in [-0.05, 0) is 31.5 Å². The van der Waals surface area contributed by atoms with Gasteiger partial charge in [0.1, 0.15) is 0 Å². The molecular weight excluding hydrogens is 238 g/mol. The molecule has 0 radical (unpaired) electrons. The molecule has 1 rings (SSSR count). The van der Waals surface area contributed by atoms with Crippen LogP contribution in [0.25, 0.3) is 0 Å². The Kier molecular flexibility index (Phi) is 9.23. The molecule has 1 heterocycles. The maximum atomic E-state index is 3.55. The van der Waals surface area contributed by atoms with Crippen LogP contribution in [0.3, 0.4) is 0 Å². The standard InChI is InChI=1S/C16H29NS/c1-3-5-6-7-8-9-10-13-17-14-16-12-11-15(4-2)18-16/h11-12,17H,3-10,13-14H2,1-2H3. The van der Waals surface area contributed by atoms with E-state index < -0.39 is 0 Å². The molecule has 0 saturated carbocycles. The van der Waals surface area contributed by atoms with E-state index in [1.807, 2.05) is 11.3 Å². The van der Waals surface area contributed by atoms with Crippen LogP contribution in [0, 0.1) is 0 Å². The second kappa shape index (κ2) is 10.6. The summed E-state index contributed by atoms with van der Waals surface area (Å²) in [5, 5.41) is 3.55. The van der Waals surface area contributed by atoms with Gasteiger partial charge in [0.25, 0.3) is 0 Å². The molecule has 0 spiro atoms. The first-order valence-electron chi connectivity index (χ1n) is 7.65. The fraction of sp³-hybridized carbons (Fsp3) is 0.750. The molecular formula is C16H29NS. The van der Waals surface area contributed by atoms with Crippen molar-refractivity contribution in [2.45, 2.75) is 71.8 Å². The smallest absolute Gasteiger partial charge is 0.0299 e. The molecule has 1 aromatic heterocycles. The highest BCUT2D eigenvalue weighted by atomic mass is 32.1. The van der Waals surface area contributed by atoms with Crippen LogP contribution in [0.1, 0.15) is 68.5 Å². The third-order valence-electron chi connectivity index (χ3n) is 3.32. The molecule has 0 amide bonds. The van der Waals surface area contributed by atoms with Crippen molar-refractivity contribution in [2.24, 2.45) is 0 Å². The van der Waals surface area contributed by atoms with Crippen LogP contribution in [0.2, 0.25) is 0 Å². The SMILES string of the molecule is CCCCCCCCCNCc1ccc(CC)s1. The predicted molar refractivity (Wildman–Crippen MR) is 83.4 cm³/mol. The summed E-state index contributed by atoms with van der Waals surface area (Å²) < 4.78 is 0. The maximum Gasteiger partial charge on any atom is 0.0299 e. The Labute approximate surface area is 117 Å². The topological polar surface area (TPSA) is 12.0 Å². The number of unbranched alkanes of at least 4 members (excludes halogenated alkanes) is 6. The second-order valence-electron chi connectivity index (χ2n) is 5.02. The van der Waals surface area contributed by atoms with Gasteiger partial charge in [-0.15, -0.1) is 11.3 Å². The van der Waals surface area contributed by atoms with Crippen molar-refractivity contribution in [3.63, 3.8) is 0 Å². The van der Waals surface area contributed by atoms with Crippen LogP contribution in [-0.2, 0) is 13.0 Å². The van der Waals surface area contributed by atoms with Gasteiger partial charge < -0.3 is 5.32 Å². The minimum Gasteiger partial charge on any atom is -0.312 e. The molecule has 2 heteroatoms. The Morgan fingerprint density at radius 2 is 1.56 bits per heavy atom. The number of rotatable bonds is 11. The summed E-state index contributed by atoms with van der Waals surface area (Å²) in [6, 6.07) is 4.52. The predicted octanol–water partition coefficient (Wildman–Crippen LogP) is 5.15. The molecule has 0 fully saturated rings. The van der Waals surface area contributed by atoms with E-state index in [0.29, 0.717) is 0 Å². The van der Waals surface area contributed by atoms with Crippen LogP contribution >= 0.6 is 11.3 Å². The zero-order valence-electron chi connectivity index (χ0n) is 12.1. The number of hydrogen-bond donors (Lipinski definition) is 1. The van der Waals surface area contributed by atoms with E-state index in [4.69, 9.17) is 0 Å². The van der Waals surface area contributed by atoms with Crippen LogP contribution in [-0.4, -0.2) is 6.54 Å². The molecule has 0 saturated heterocycles. The number of nitrogens with one attached hydrogen (secondary N) is 1. The van der Waals surface area contributed by atoms with Gasteiger partial charge in [-0.3, -0.25) is 0 Å². The van der Waals surface area contributed by atoms with E-state index >= 15 is 0 Å². The molecule has 1 N–H and O–H groups in total. The molecule has 18 heavy (non-hydrogen) atoms. The van der Waals surface area contributed by atoms with E-state index in [9.17, 15) is 0 Å². The Morgan fingerprint density at radius 3 is 2.22 bits per heavy atom. The summed E-state index contributed by atoms with van der Waals surface area (Å²) in [7, 11) is 0. The lowest BCUT2D eigenvalue weighted by Gasteiger charge is -2.03. The molecule has 104 valence electrons. The normalized spacial score (nSPS) is 11.0. The second-order valence-corrected chi connectivity index (χ2v) is 6.27. The van der Waals surface area contributed by atoms with Crippen LogP contribution in [0.4, 0.5) is 0 Å². The van der Waals surface area contributed by atoms with E-state index in [1.54, 1.807) is 0 Å². The lowest BCUT2D eigenvalue weighted by atomic mass is 10.1. The molecule has 0 aromatic carbocycles. The van der Waals surface area contributed by atoms with E-state index in [0.717, 1.165) is 6.54 Å². The highest BCUT2D eigenvalue weighted by molar-refractivity contribution is 7.11. The van der Waals surface area contributed by atoms with Crippen LogP contribution in [0.15, 0.2) is 12.1 Å². The first kappa shape index (κ1) is 15.7. The molecule has 0 atom stereocenters. The van der Waals surface area contributed by atoms with Gasteiger partial charge in [0.05, 0.1) is 0 Å². The minimum absolute atomic E-state index is 1.06. The highest BCUT2D eigenvalue weighted by Gasteiger charge is 1.97. The Balaban J connectivity index is 1.89. The molecule has 0 aliphatic heterocycles. The van der Waals surface area contributed by atoms with Crippen molar-refractivity contribution in [1.82, 2.24) is 5.32 Å². The molecule has 1 aromatic rings. The number of aryl methyl sites for hydroxylation is 1. The summed E-state index contributed by atoms with van der Waals surface area (Å²) in [6.45, 7) is 6.73. The summed E-state index contributed by atoms with van der Waals surface area (Å²) in [5.41, 5.74) is 0. The van der Waals surface area contributed by atoms with Crippen molar-refractivity contribution in [3.8, 4) is 0 Å². The Bertz CT molecular complexity index is 293. The molecule has 0 unspecified atom stereocenters. The summed E-state index contributed by atoms with van der Waals surface area (Å²) in [5.74, 6) is 0. The Morgan fingerprint density at radius 1 is 0.889 bits per heavy atom. The zero-order chi connectivity index (χ0) is 13.1. The highest BCUT2D eigenvalue weighted by Crippen LogP contribution is 2.16. The lowest BCUT2D eigenvalue weighted by Crippen LogP contribution is -2.13. The quantitative estimate of drug-likeness (QED) is 0.547. The van der Waals surface area contributed by atoms with Gasteiger partial charge in [0.15, 0.2) is 0 Å². The van der Waals surface area contributed by atoms with Gasteiger partial charge in [-0.2, -0.15) is 0 Å². The summed E-state index contributed by atoms with van der Waals surface area (Å²) in [4.78, 5) is 2.98. The van der Waals surface area contributed by atoms with E-state index in [2.05, 4.69) is 31.3 Å². The first-order valence-corrected chi connectivity index (χ1v) is 8.46. The van der Waals surface area contributed by atoms with Gasteiger partial charge >= 0.3 is 0 Å². The molecule has 0 aliphatic rings. The average molecular weight is 267 g/mol. The molecule has 1 nitrogen and oxygen atoms in total. The van der Waals surface area contributed by atoms with E-state index in [-0.39, 0.29) is 0 Å². The van der Waals surface area contributed by atoms with Crippen molar-refractivity contribution in [1.29, 1.82) is 0 Å². The summed E-state index contributed by atoms with van der Waals surface area (Å²) in [6.07, 6.45) is 10.9. The van der Waals surface area contributed by atoms with Crippen molar-refractivity contribution in [3.05, 3.63) is 21.9 Å². The largest absolute Gasteiger partial charge is 0.312 e. The fourth-order valence-corrected chi connectivity index (χ4v) is 3.05. The lowest BCUT2D eigenvalue weighted by molar-refractivity contribution is 0.564. The number of hydrogen-bond acceptors (Lipinski definition) is 2. The Hall–Kier alpha value is -0.340. The zero-order valence-corrected chi connectivity index (χ0v) is 13.0. The minimum atomic E-state index is 1.06. The molecule has 0 aliphatic carbocycles. The van der Waals surface area contributed by atoms with Crippen LogP contribution in [0.5, 0.6) is 0 Å². The number of thiophene rings is 1. The van der Waals surface area contributed by atoms with Gasteiger partial charge in [-0.25, -0.2) is 0 Å². The summed E-state index contributed by atoms with van der Waals surface area (Å²) >= 11 is 1.95. The van der Waals surface area contributed by atoms with Gasteiger partial charge in [0, 0.05) is 16.3 Å². The third-order valence-corrected chi connectivity index (χ3v) is 4.55. The van der Waals surface area contributed by atoms with Gasteiger partial charge in [0.2, 0.25) is 0 Å². The third kappa shape index (κ3) is 7.17. The maximum absolute atomic E-state index is 3.55. The first-order chi connectivity index (χ1) is 8.86. The van der Waals surface area contributed by atoms with Gasteiger partial charge in [-0.1, -0.05) is 52.4 Å².